The molecule has 2 aliphatic rings. The molecule has 6 heteroatoms. The molecule has 0 saturated carbocycles. The van der Waals surface area contributed by atoms with Crippen LogP contribution in [0.5, 0.6) is 0 Å². The van der Waals surface area contributed by atoms with Gasteiger partial charge in [0.15, 0.2) is 0 Å². The van der Waals surface area contributed by atoms with Crippen molar-refractivity contribution in [2.75, 3.05) is 6.54 Å². The van der Waals surface area contributed by atoms with Crippen LogP contribution in [-0.2, 0) is 17.6 Å². The van der Waals surface area contributed by atoms with Crippen molar-refractivity contribution in [3.63, 3.8) is 0 Å². The average Bonchev–Trinajstić information content (AvgIpc) is 3.17. The Morgan fingerprint density at radius 2 is 2.11 bits per heavy atom. The fourth-order valence-electron chi connectivity index (χ4n) is 4.04. The number of carbonyl (C=O) groups is 1. The van der Waals surface area contributed by atoms with Crippen molar-refractivity contribution in [3.8, 4) is 11.3 Å². The number of ether oxygens (including phenoxy) is 1. The standard InChI is InChI=1S/C21H26BrN3O2/c1-21(2,3)27-20(26)25-11-5-8-17(25)19-23-16-7-4-6-13-12-14(22)9-10-15(13)18(16)24-19/h9-10,12,17H,4-8,11H2,1-3H3,(H,23,24). The molecule has 1 fully saturated rings. The molecule has 4 rings (SSSR count). The highest BCUT2D eigenvalue weighted by Gasteiger charge is 2.35. The van der Waals surface area contributed by atoms with Crippen LogP contribution in [0.4, 0.5) is 4.79 Å². The Bertz CT molecular complexity index is 869. The van der Waals surface area contributed by atoms with Crippen LogP contribution in [0.15, 0.2) is 22.7 Å². The lowest BCUT2D eigenvalue weighted by atomic mass is 10.0. The van der Waals surface area contributed by atoms with Gasteiger partial charge in [0.1, 0.15) is 11.4 Å². The first-order valence-electron chi connectivity index (χ1n) is 9.69. The van der Waals surface area contributed by atoms with Crippen LogP contribution >= 0.6 is 15.9 Å². The Balaban J connectivity index is 1.66. The first-order chi connectivity index (χ1) is 12.8. The zero-order chi connectivity index (χ0) is 19.2. The van der Waals surface area contributed by atoms with Gasteiger partial charge in [-0.2, -0.15) is 0 Å². The van der Waals surface area contributed by atoms with Crippen molar-refractivity contribution in [2.24, 2.45) is 0 Å². The van der Waals surface area contributed by atoms with Crippen molar-refractivity contribution in [1.82, 2.24) is 14.9 Å². The van der Waals surface area contributed by atoms with Gasteiger partial charge in [-0.1, -0.05) is 22.0 Å². The van der Waals surface area contributed by atoms with Gasteiger partial charge in [-0.3, -0.25) is 4.90 Å². The van der Waals surface area contributed by atoms with Crippen molar-refractivity contribution >= 4 is 22.0 Å². The fraction of sp³-hybridized carbons (Fsp3) is 0.524. The highest BCUT2D eigenvalue weighted by molar-refractivity contribution is 9.10. The summed E-state index contributed by atoms with van der Waals surface area (Å²) in [4.78, 5) is 23.0. The van der Waals surface area contributed by atoms with Crippen molar-refractivity contribution in [1.29, 1.82) is 0 Å². The molecule has 1 amide bonds. The Morgan fingerprint density at radius 3 is 2.89 bits per heavy atom. The van der Waals surface area contributed by atoms with E-state index in [2.05, 4.69) is 39.1 Å². The first kappa shape index (κ1) is 18.5. The summed E-state index contributed by atoms with van der Waals surface area (Å²) >= 11 is 3.58. The lowest BCUT2D eigenvalue weighted by Gasteiger charge is -2.27. The van der Waals surface area contributed by atoms with Gasteiger partial charge >= 0.3 is 6.09 Å². The highest BCUT2D eigenvalue weighted by Crippen LogP contribution is 2.37. The number of aromatic amines is 1. The van der Waals surface area contributed by atoms with Gasteiger partial charge < -0.3 is 9.72 Å². The van der Waals surface area contributed by atoms with Gasteiger partial charge in [0.25, 0.3) is 0 Å². The van der Waals surface area contributed by atoms with E-state index in [0.29, 0.717) is 6.54 Å². The summed E-state index contributed by atoms with van der Waals surface area (Å²) in [5.41, 5.74) is 4.27. The maximum atomic E-state index is 12.6. The smallest absolute Gasteiger partial charge is 0.410 e. The summed E-state index contributed by atoms with van der Waals surface area (Å²) in [5, 5.41) is 0. The minimum atomic E-state index is -0.489. The Labute approximate surface area is 168 Å². The predicted molar refractivity (Wildman–Crippen MR) is 109 cm³/mol. The number of halogens is 1. The SMILES string of the molecule is CC(C)(C)OC(=O)N1CCCC1c1nc2c([nH]1)CCCc1cc(Br)ccc1-2. The number of amides is 1. The zero-order valence-corrected chi connectivity index (χ0v) is 17.7. The van der Waals surface area contributed by atoms with Gasteiger partial charge in [0.2, 0.25) is 0 Å². The molecule has 1 aliphatic carbocycles. The van der Waals surface area contributed by atoms with Crippen LogP contribution < -0.4 is 0 Å². The topological polar surface area (TPSA) is 58.2 Å². The maximum Gasteiger partial charge on any atom is 0.410 e. The van der Waals surface area contributed by atoms with Crippen molar-refractivity contribution in [2.45, 2.75) is 64.5 Å². The molecule has 1 unspecified atom stereocenters. The second-order valence-electron chi connectivity index (χ2n) is 8.44. The van der Waals surface area contributed by atoms with Crippen LogP contribution in [-0.4, -0.2) is 33.1 Å². The number of fused-ring (bicyclic) bond motifs is 3. The second-order valence-corrected chi connectivity index (χ2v) is 9.35. The summed E-state index contributed by atoms with van der Waals surface area (Å²) in [5.74, 6) is 0.888. The van der Waals surface area contributed by atoms with E-state index < -0.39 is 5.60 Å². The molecule has 2 heterocycles. The van der Waals surface area contributed by atoms with E-state index in [-0.39, 0.29) is 12.1 Å². The van der Waals surface area contributed by atoms with E-state index in [1.807, 2.05) is 25.7 Å². The maximum absolute atomic E-state index is 12.6. The van der Waals surface area contributed by atoms with E-state index in [0.717, 1.165) is 48.1 Å². The van der Waals surface area contributed by atoms with Gasteiger partial charge in [0, 0.05) is 22.3 Å². The normalized spacial score (nSPS) is 19.4. The van der Waals surface area contributed by atoms with E-state index in [1.165, 1.54) is 16.8 Å². The average molecular weight is 432 g/mol. The summed E-state index contributed by atoms with van der Waals surface area (Å²) in [6.07, 6.45) is 4.77. The third-order valence-corrected chi connectivity index (χ3v) is 5.68. The first-order valence-corrected chi connectivity index (χ1v) is 10.5. The lowest BCUT2D eigenvalue weighted by molar-refractivity contribution is 0.0218. The zero-order valence-electron chi connectivity index (χ0n) is 16.1. The van der Waals surface area contributed by atoms with E-state index >= 15 is 0 Å². The van der Waals surface area contributed by atoms with Crippen LogP contribution in [0.2, 0.25) is 0 Å². The molecule has 1 aromatic heterocycles. The number of hydrogen-bond acceptors (Lipinski definition) is 3. The molecule has 1 aliphatic heterocycles. The molecule has 0 bridgehead atoms. The summed E-state index contributed by atoms with van der Waals surface area (Å²) < 4.78 is 6.71. The van der Waals surface area contributed by atoms with Crippen molar-refractivity contribution < 1.29 is 9.53 Å². The Morgan fingerprint density at radius 1 is 1.30 bits per heavy atom. The largest absolute Gasteiger partial charge is 0.444 e. The Hall–Kier alpha value is -1.82. The highest BCUT2D eigenvalue weighted by atomic mass is 79.9. The van der Waals surface area contributed by atoms with E-state index in [1.54, 1.807) is 0 Å². The Kier molecular flexibility index (Phi) is 4.78. The number of nitrogens with one attached hydrogen (secondary N) is 1. The minimum Gasteiger partial charge on any atom is -0.444 e. The van der Waals surface area contributed by atoms with Gasteiger partial charge in [-0.05, 0) is 70.6 Å². The van der Waals surface area contributed by atoms with Gasteiger partial charge in [-0.15, -0.1) is 0 Å². The third-order valence-electron chi connectivity index (χ3n) is 5.19. The number of hydrogen-bond donors (Lipinski definition) is 1. The third kappa shape index (κ3) is 3.77. The van der Waals surface area contributed by atoms with Gasteiger partial charge in [0.05, 0.1) is 11.7 Å². The summed E-state index contributed by atoms with van der Waals surface area (Å²) in [6, 6.07) is 6.38. The molecule has 0 spiro atoms. The number of benzene rings is 1. The number of aryl methyl sites for hydroxylation is 2. The van der Waals surface area contributed by atoms with Crippen LogP contribution in [0, 0.1) is 0 Å². The summed E-state index contributed by atoms with van der Waals surface area (Å²) in [6.45, 7) is 6.43. The lowest BCUT2D eigenvalue weighted by Crippen LogP contribution is -2.36. The molecule has 1 saturated heterocycles. The minimum absolute atomic E-state index is 0.0364. The fourth-order valence-corrected chi connectivity index (χ4v) is 4.45. The van der Waals surface area contributed by atoms with Crippen LogP contribution in [0.25, 0.3) is 11.3 Å². The van der Waals surface area contributed by atoms with E-state index in [4.69, 9.17) is 9.72 Å². The molecular weight excluding hydrogens is 406 g/mol. The second kappa shape index (κ2) is 6.97. The molecule has 1 aromatic carbocycles. The quantitative estimate of drug-likeness (QED) is 0.657. The molecular formula is C21H26BrN3O2. The number of nitrogens with zero attached hydrogens (tertiary/aromatic N) is 2. The number of H-pyrrole nitrogens is 1. The van der Waals surface area contributed by atoms with Crippen LogP contribution in [0.1, 0.15) is 63.2 Å². The number of likely N-dealkylation sites (tertiary alicyclic amines) is 1. The number of rotatable bonds is 1. The molecule has 5 nitrogen and oxygen atoms in total. The summed E-state index contributed by atoms with van der Waals surface area (Å²) in [7, 11) is 0. The molecule has 0 radical (unpaired) electrons. The molecule has 1 atom stereocenters. The number of aromatic nitrogens is 2. The van der Waals surface area contributed by atoms with Crippen LogP contribution in [0.3, 0.4) is 0 Å². The monoisotopic (exact) mass is 431 g/mol. The molecule has 1 N–H and O–H groups in total. The molecule has 144 valence electrons. The predicted octanol–water partition coefficient (Wildman–Crippen LogP) is 5.40. The van der Waals surface area contributed by atoms with E-state index in [9.17, 15) is 4.79 Å². The van der Waals surface area contributed by atoms with Gasteiger partial charge in [-0.25, -0.2) is 9.78 Å². The number of carbonyl (C=O) groups excluding carboxylic acids is 1. The number of imidazole rings is 1. The molecule has 27 heavy (non-hydrogen) atoms. The molecule has 2 aromatic rings. The van der Waals surface area contributed by atoms with Crippen molar-refractivity contribution in [3.05, 3.63) is 39.8 Å².